The lowest BCUT2D eigenvalue weighted by molar-refractivity contribution is 0.0641. The lowest BCUT2D eigenvalue weighted by Gasteiger charge is -2.34. The molecule has 0 bridgehead atoms. The molecule has 1 aromatic rings. The number of hydrogen-bond acceptors (Lipinski definition) is 3. The van der Waals surface area contributed by atoms with Gasteiger partial charge in [0.2, 0.25) is 0 Å². The SMILES string of the molecule is O=C(c1cc(F)ccc1O)N1CCN(CCBr)CC1. The van der Waals surface area contributed by atoms with Gasteiger partial charge in [-0.15, -0.1) is 0 Å². The van der Waals surface area contributed by atoms with E-state index in [-0.39, 0.29) is 17.2 Å². The fraction of sp³-hybridized carbons (Fsp3) is 0.462. The summed E-state index contributed by atoms with van der Waals surface area (Å²) in [5.74, 6) is -0.996. The third-order valence-electron chi connectivity index (χ3n) is 3.25. The zero-order valence-electron chi connectivity index (χ0n) is 10.5. The first-order valence-electron chi connectivity index (χ1n) is 6.18. The Bertz CT molecular complexity index is 462. The molecule has 0 aliphatic carbocycles. The summed E-state index contributed by atoms with van der Waals surface area (Å²) < 4.78 is 13.1. The van der Waals surface area contributed by atoms with Crippen LogP contribution in [0.25, 0.3) is 0 Å². The van der Waals surface area contributed by atoms with Crippen LogP contribution < -0.4 is 0 Å². The number of alkyl halides is 1. The van der Waals surface area contributed by atoms with Crippen LogP contribution in [0.3, 0.4) is 0 Å². The zero-order valence-corrected chi connectivity index (χ0v) is 12.1. The summed E-state index contributed by atoms with van der Waals surface area (Å²) in [7, 11) is 0. The fourth-order valence-electron chi connectivity index (χ4n) is 2.14. The van der Waals surface area contributed by atoms with E-state index in [4.69, 9.17) is 0 Å². The summed E-state index contributed by atoms with van der Waals surface area (Å²) >= 11 is 3.39. The number of phenols is 1. The maximum Gasteiger partial charge on any atom is 0.257 e. The monoisotopic (exact) mass is 330 g/mol. The highest BCUT2D eigenvalue weighted by Crippen LogP contribution is 2.20. The molecule has 1 N–H and O–H groups in total. The predicted molar refractivity (Wildman–Crippen MR) is 74.2 cm³/mol. The molecule has 1 fully saturated rings. The molecule has 2 rings (SSSR count). The molecule has 104 valence electrons. The van der Waals surface area contributed by atoms with Crippen LogP contribution in [0.4, 0.5) is 4.39 Å². The molecular weight excluding hydrogens is 315 g/mol. The number of rotatable bonds is 3. The van der Waals surface area contributed by atoms with Crippen LogP contribution in [0.5, 0.6) is 5.75 Å². The van der Waals surface area contributed by atoms with Crippen molar-refractivity contribution >= 4 is 21.8 Å². The van der Waals surface area contributed by atoms with E-state index in [0.29, 0.717) is 13.1 Å². The number of piperazine rings is 1. The summed E-state index contributed by atoms with van der Waals surface area (Å²) in [4.78, 5) is 16.1. The number of benzene rings is 1. The van der Waals surface area contributed by atoms with Crippen LogP contribution >= 0.6 is 15.9 Å². The zero-order chi connectivity index (χ0) is 13.8. The number of halogens is 2. The van der Waals surface area contributed by atoms with Gasteiger partial charge in [-0.3, -0.25) is 9.69 Å². The summed E-state index contributed by atoms with van der Waals surface area (Å²) in [6, 6.07) is 3.44. The van der Waals surface area contributed by atoms with Crippen molar-refractivity contribution in [1.82, 2.24) is 9.80 Å². The van der Waals surface area contributed by atoms with Crippen LogP contribution in [0, 0.1) is 5.82 Å². The minimum absolute atomic E-state index is 0.0361. The third-order valence-corrected chi connectivity index (χ3v) is 3.60. The predicted octanol–water partition coefficient (Wildman–Crippen LogP) is 1.68. The van der Waals surface area contributed by atoms with Gasteiger partial charge in [0, 0.05) is 38.1 Å². The molecule has 1 aromatic carbocycles. The number of nitrogens with zero attached hydrogens (tertiary/aromatic N) is 2. The molecule has 0 spiro atoms. The van der Waals surface area contributed by atoms with Gasteiger partial charge >= 0.3 is 0 Å². The van der Waals surface area contributed by atoms with Crippen molar-refractivity contribution < 1.29 is 14.3 Å². The number of carbonyl (C=O) groups excluding carboxylic acids is 1. The van der Waals surface area contributed by atoms with E-state index in [0.717, 1.165) is 37.1 Å². The van der Waals surface area contributed by atoms with E-state index >= 15 is 0 Å². The van der Waals surface area contributed by atoms with E-state index in [1.807, 2.05) is 0 Å². The summed E-state index contributed by atoms with van der Waals surface area (Å²) in [5, 5.41) is 10.5. The van der Waals surface area contributed by atoms with Gasteiger partial charge in [0.25, 0.3) is 5.91 Å². The Morgan fingerprint density at radius 1 is 1.32 bits per heavy atom. The number of amides is 1. The minimum Gasteiger partial charge on any atom is -0.507 e. The second-order valence-electron chi connectivity index (χ2n) is 4.48. The lowest BCUT2D eigenvalue weighted by atomic mass is 10.1. The van der Waals surface area contributed by atoms with Crippen LogP contribution in [-0.2, 0) is 0 Å². The Balaban J connectivity index is 2.03. The summed E-state index contributed by atoms with van der Waals surface area (Å²) in [5.41, 5.74) is 0.0361. The third kappa shape index (κ3) is 3.45. The largest absolute Gasteiger partial charge is 0.507 e. The number of aromatic hydroxyl groups is 1. The molecule has 0 atom stereocenters. The Morgan fingerprint density at radius 2 is 2.00 bits per heavy atom. The molecule has 1 aliphatic heterocycles. The molecule has 0 aromatic heterocycles. The Labute approximate surface area is 119 Å². The highest BCUT2D eigenvalue weighted by molar-refractivity contribution is 9.09. The second-order valence-corrected chi connectivity index (χ2v) is 5.28. The lowest BCUT2D eigenvalue weighted by Crippen LogP contribution is -2.49. The van der Waals surface area contributed by atoms with Crippen molar-refractivity contribution in [3.63, 3.8) is 0 Å². The first kappa shape index (κ1) is 14.3. The van der Waals surface area contributed by atoms with Gasteiger partial charge in [0.1, 0.15) is 11.6 Å². The van der Waals surface area contributed by atoms with Crippen LogP contribution in [0.2, 0.25) is 0 Å². The van der Waals surface area contributed by atoms with Crippen molar-refractivity contribution in [2.45, 2.75) is 0 Å². The van der Waals surface area contributed by atoms with E-state index in [1.165, 1.54) is 6.07 Å². The Kier molecular flexibility index (Phi) is 4.76. The van der Waals surface area contributed by atoms with E-state index < -0.39 is 5.82 Å². The number of hydrogen-bond donors (Lipinski definition) is 1. The second kappa shape index (κ2) is 6.34. The van der Waals surface area contributed by atoms with Crippen molar-refractivity contribution in [2.75, 3.05) is 38.1 Å². The topological polar surface area (TPSA) is 43.8 Å². The average Bonchev–Trinajstić information content (AvgIpc) is 2.42. The van der Waals surface area contributed by atoms with E-state index in [1.54, 1.807) is 4.90 Å². The van der Waals surface area contributed by atoms with Gasteiger partial charge in [0.05, 0.1) is 5.56 Å². The van der Waals surface area contributed by atoms with Crippen molar-refractivity contribution in [3.05, 3.63) is 29.6 Å². The van der Waals surface area contributed by atoms with Gasteiger partial charge in [-0.25, -0.2) is 4.39 Å². The van der Waals surface area contributed by atoms with Gasteiger partial charge in [-0.2, -0.15) is 0 Å². The van der Waals surface area contributed by atoms with Gasteiger partial charge in [-0.1, -0.05) is 15.9 Å². The minimum atomic E-state index is -0.515. The molecule has 1 saturated heterocycles. The molecule has 19 heavy (non-hydrogen) atoms. The van der Waals surface area contributed by atoms with Crippen LogP contribution in [0.1, 0.15) is 10.4 Å². The van der Waals surface area contributed by atoms with Crippen molar-refractivity contribution in [3.8, 4) is 5.75 Å². The van der Waals surface area contributed by atoms with E-state index in [2.05, 4.69) is 20.8 Å². The van der Waals surface area contributed by atoms with Crippen molar-refractivity contribution in [1.29, 1.82) is 0 Å². The van der Waals surface area contributed by atoms with Crippen LogP contribution in [-0.4, -0.2) is 58.9 Å². The van der Waals surface area contributed by atoms with E-state index in [9.17, 15) is 14.3 Å². The highest BCUT2D eigenvalue weighted by Gasteiger charge is 2.23. The molecule has 0 saturated carbocycles. The number of carbonyl (C=O) groups is 1. The summed E-state index contributed by atoms with van der Waals surface area (Å²) in [6.07, 6.45) is 0. The van der Waals surface area contributed by atoms with Crippen LogP contribution in [0.15, 0.2) is 18.2 Å². The summed E-state index contributed by atoms with van der Waals surface area (Å²) in [6.45, 7) is 3.75. The molecule has 4 nitrogen and oxygen atoms in total. The first-order valence-corrected chi connectivity index (χ1v) is 7.30. The standard InChI is InChI=1S/C13H16BrFN2O2/c14-3-4-16-5-7-17(8-6-16)13(19)11-9-10(15)1-2-12(11)18/h1-2,9,18H,3-8H2. The molecule has 1 amide bonds. The normalized spacial score (nSPS) is 16.6. The molecule has 6 heteroatoms. The van der Waals surface area contributed by atoms with Crippen molar-refractivity contribution in [2.24, 2.45) is 0 Å². The Hall–Kier alpha value is -1.14. The molecule has 1 aliphatic rings. The molecule has 0 radical (unpaired) electrons. The maximum atomic E-state index is 13.1. The maximum absolute atomic E-state index is 13.1. The molecule has 1 heterocycles. The quantitative estimate of drug-likeness (QED) is 0.857. The van der Waals surface area contributed by atoms with Gasteiger partial charge in [-0.05, 0) is 18.2 Å². The number of phenolic OH excluding ortho intramolecular Hbond substituents is 1. The molecule has 0 unspecified atom stereocenters. The average molecular weight is 331 g/mol. The van der Waals surface area contributed by atoms with Gasteiger partial charge < -0.3 is 10.0 Å². The highest BCUT2D eigenvalue weighted by atomic mass is 79.9. The smallest absolute Gasteiger partial charge is 0.257 e. The Morgan fingerprint density at radius 3 is 2.63 bits per heavy atom. The molecular formula is C13H16BrFN2O2. The first-order chi connectivity index (χ1) is 9.11. The van der Waals surface area contributed by atoms with Gasteiger partial charge in [0.15, 0.2) is 0 Å². The fourth-order valence-corrected chi connectivity index (χ4v) is 2.65.